The fraction of sp³-hybridized carbons (Fsp3) is 0.333. The van der Waals surface area contributed by atoms with Gasteiger partial charge in [-0.05, 0) is 29.5 Å². The van der Waals surface area contributed by atoms with Crippen molar-refractivity contribution >= 4 is 25.5 Å². The summed E-state index contributed by atoms with van der Waals surface area (Å²) in [6, 6.07) is 5.93. The van der Waals surface area contributed by atoms with Crippen LogP contribution in [-0.4, -0.2) is 24.4 Å². The molecule has 1 atom stereocenters. The molecule has 21 heavy (non-hydrogen) atoms. The minimum atomic E-state index is -1.42. The smallest absolute Gasteiger partial charge is 0.269 e. The number of rotatable bonds is 6. The van der Waals surface area contributed by atoms with E-state index in [0.29, 0.717) is 11.1 Å². The van der Waals surface area contributed by atoms with Crippen molar-refractivity contribution in [2.24, 2.45) is 0 Å². The molecule has 0 fully saturated rings. The molecule has 0 aliphatic carbocycles. The Bertz CT molecular complexity index is 561. The van der Waals surface area contributed by atoms with Gasteiger partial charge < -0.3 is 5.11 Å². The highest BCUT2D eigenvalue weighted by Gasteiger charge is 2.19. The van der Waals surface area contributed by atoms with Crippen LogP contribution in [-0.2, 0) is 0 Å². The SMILES string of the molecule is C=C(/C(=C\[Si](C)(C)C)SC)C(O)c1ccc([N+](=O)[O-])cc1. The monoisotopic (exact) mass is 323 g/mol. The molecule has 0 bridgehead atoms. The lowest BCUT2D eigenvalue weighted by molar-refractivity contribution is -0.384. The summed E-state index contributed by atoms with van der Waals surface area (Å²) in [5, 5.41) is 21.1. The molecule has 4 nitrogen and oxygen atoms in total. The average molecular weight is 323 g/mol. The predicted octanol–water partition coefficient (Wildman–Crippen LogP) is 4.31. The summed E-state index contributed by atoms with van der Waals surface area (Å²) in [4.78, 5) is 11.2. The zero-order valence-corrected chi connectivity index (χ0v) is 14.6. The normalized spacial score (nSPS) is 13.9. The van der Waals surface area contributed by atoms with Gasteiger partial charge in [-0.2, -0.15) is 0 Å². The van der Waals surface area contributed by atoms with Gasteiger partial charge in [0.15, 0.2) is 0 Å². The van der Waals surface area contributed by atoms with E-state index in [0.717, 1.165) is 4.91 Å². The van der Waals surface area contributed by atoms with Crippen molar-refractivity contribution in [3.05, 3.63) is 62.7 Å². The molecule has 1 rings (SSSR count). The van der Waals surface area contributed by atoms with E-state index in [9.17, 15) is 15.2 Å². The van der Waals surface area contributed by atoms with Gasteiger partial charge in [0.25, 0.3) is 5.69 Å². The van der Waals surface area contributed by atoms with Crippen LogP contribution in [0.4, 0.5) is 5.69 Å². The highest BCUT2D eigenvalue weighted by atomic mass is 32.2. The molecule has 0 amide bonds. The molecule has 0 aromatic heterocycles. The van der Waals surface area contributed by atoms with Crippen LogP contribution >= 0.6 is 11.8 Å². The molecule has 1 aromatic rings. The number of nitro benzene ring substituents is 1. The van der Waals surface area contributed by atoms with Gasteiger partial charge in [-0.25, -0.2) is 0 Å². The van der Waals surface area contributed by atoms with Gasteiger partial charge in [-0.15, -0.1) is 11.8 Å². The molecule has 0 aliphatic heterocycles. The minimum absolute atomic E-state index is 0.0132. The number of aliphatic hydroxyl groups excluding tert-OH is 1. The standard InChI is InChI=1S/C15H21NO3SSi/c1-11(14(20-2)10-21(3,4)5)15(17)12-6-8-13(9-7-12)16(18)19/h6-10,15,17H,1H2,2-5H3/b14-10+. The Kier molecular flexibility index (Phi) is 5.95. The van der Waals surface area contributed by atoms with Gasteiger partial charge in [0.2, 0.25) is 0 Å². The molecular formula is C15H21NO3SSi. The minimum Gasteiger partial charge on any atom is -0.384 e. The van der Waals surface area contributed by atoms with E-state index in [1.165, 1.54) is 12.1 Å². The van der Waals surface area contributed by atoms with Crippen LogP contribution in [0.3, 0.4) is 0 Å². The summed E-state index contributed by atoms with van der Waals surface area (Å²) in [6.07, 6.45) is 1.11. The van der Waals surface area contributed by atoms with E-state index in [2.05, 4.69) is 31.9 Å². The fourth-order valence-corrected chi connectivity index (χ4v) is 4.67. The van der Waals surface area contributed by atoms with E-state index in [4.69, 9.17) is 0 Å². The van der Waals surface area contributed by atoms with Gasteiger partial charge in [-0.3, -0.25) is 10.1 Å². The van der Waals surface area contributed by atoms with E-state index in [1.54, 1.807) is 23.9 Å². The lowest BCUT2D eigenvalue weighted by atomic mass is 10.0. The van der Waals surface area contributed by atoms with Crippen molar-refractivity contribution in [1.82, 2.24) is 0 Å². The maximum atomic E-state index is 10.6. The topological polar surface area (TPSA) is 63.4 Å². The van der Waals surface area contributed by atoms with Crippen molar-refractivity contribution in [1.29, 1.82) is 0 Å². The number of aliphatic hydroxyl groups is 1. The van der Waals surface area contributed by atoms with Gasteiger partial charge in [0, 0.05) is 17.0 Å². The summed E-state index contributed by atoms with van der Waals surface area (Å²) < 4.78 is 0. The van der Waals surface area contributed by atoms with Crippen LogP contribution in [0, 0.1) is 10.1 Å². The van der Waals surface area contributed by atoms with Crippen LogP contribution in [0.15, 0.2) is 47.0 Å². The highest BCUT2D eigenvalue weighted by Crippen LogP contribution is 2.33. The Morgan fingerprint density at radius 2 is 1.90 bits per heavy atom. The quantitative estimate of drug-likeness (QED) is 0.367. The zero-order valence-electron chi connectivity index (χ0n) is 12.8. The van der Waals surface area contributed by atoms with Crippen LogP contribution < -0.4 is 0 Å². The van der Waals surface area contributed by atoms with E-state index < -0.39 is 19.1 Å². The van der Waals surface area contributed by atoms with Crippen molar-refractivity contribution in [2.45, 2.75) is 25.7 Å². The van der Waals surface area contributed by atoms with Gasteiger partial charge in [0.1, 0.15) is 6.10 Å². The highest BCUT2D eigenvalue weighted by molar-refractivity contribution is 8.02. The first kappa shape index (κ1) is 17.7. The third kappa shape index (κ3) is 5.15. The molecule has 0 spiro atoms. The molecule has 1 aromatic carbocycles. The lowest BCUT2D eigenvalue weighted by Crippen LogP contribution is -2.17. The molecule has 0 aliphatic rings. The zero-order chi connectivity index (χ0) is 16.2. The maximum Gasteiger partial charge on any atom is 0.269 e. The Balaban J connectivity index is 3.01. The van der Waals surface area contributed by atoms with Crippen LogP contribution in [0.1, 0.15) is 11.7 Å². The Morgan fingerprint density at radius 3 is 2.29 bits per heavy atom. The molecular weight excluding hydrogens is 302 g/mol. The third-order valence-corrected chi connectivity index (χ3v) is 5.03. The number of benzene rings is 1. The van der Waals surface area contributed by atoms with Gasteiger partial charge in [0.05, 0.1) is 13.0 Å². The molecule has 6 heteroatoms. The number of hydrogen-bond donors (Lipinski definition) is 1. The molecule has 0 heterocycles. The van der Waals surface area contributed by atoms with E-state index in [1.807, 2.05) is 6.26 Å². The van der Waals surface area contributed by atoms with Crippen LogP contribution in [0.25, 0.3) is 0 Å². The van der Waals surface area contributed by atoms with Gasteiger partial charge in [-0.1, -0.05) is 31.9 Å². The molecule has 1 unspecified atom stereocenters. The second kappa shape index (κ2) is 7.06. The number of non-ortho nitro benzene ring substituents is 1. The Labute approximate surface area is 130 Å². The summed E-state index contributed by atoms with van der Waals surface area (Å²) >= 11 is 1.56. The number of nitrogens with zero attached hydrogens (tertiary/aromatic N) is 1. The van der Waals surface area contributed by atoms with Crippen LogP contribution in [0.5, 0.6) is 0 Å². The van der Waals surface area contributed by atoms with Crippen molar-refractivity contribution < 1.29 is 10.0 Å². The largest absolute Gasteiger partial charge is 0.384 e. The van der Waals surface area contributed by atoms with E-state index in [-0.39, 0.29) is 5.69 Å². The predicted molar refractivity (Wildman–Crippen MR) is 92.1 cm³/mol. The molecule has 0 saturated heterocycles. The molecule has 114 valence electrons. The summed E-state index contributed by atoms with van der Waals surface area (Å²) in [7, 11) is -1.42. The fourth-order valence-electron chi connectivity index (χ4n) is 1.79. The third-order valence-electron chi connectivity index (χ3n) is 2.85. The molecule has 0 radical (unpaired) electrons. The summed E-state index contributed by atoms with van der Waals surface area (Å²) in [5.74, 6) is 0. The van der Waals surface area contributed by atoms with Crippen molar-refractivity contribution in [2.75, 3.05) is 6.26 Å². The Hall–Kier alpha value is -1.37. The first-order valence-corrected chi connectivity index (χ1v) is 11.3. The molecule has 0 saturated carbocycles. The maximum absolute atomic E-state index is 10.6. The second-order valence-electron chi connectivity index (χ2n) is 5.86. The average Bonchev–Trinajstić information content (AvgIpc) is 2.42. The lowest BCUT2D eigenvalue weighted by Gasteiger charge is -2.19. The van der Waals surface area contributed by atoms with Gasteiger partial charge >= 0.3 is 0 Å². The first-order chi connectivity index (χ1) is 9.65. The second-order valence-corrected chi connectivity index (χ2v) is 11.7. The summed E-state index contributed by atoms with van der Waals surface area (Å²) in [5.41, 5.74) is 3.47. The van der Waals surface area contributed by atoms with Crippen LogP contribution in [0.2, 0.25) is 19.6 Å². The number of hydrogen-bond acceptors (Lipinski definition) is 4. The first-order valence-electron chi connectivity index (χ1n) is 6.54. The van der Waals surface area contributed by atoms with E-state index >= 15 is 0 Å². The number of nitro groups is 1. The number of thioether (sulfide) groups is 1. The Morgan fingerprint density at radius 1 is 1.38 bits per heavy atom. The van der Waals surface area contributed by atoms with Crippen molar-refractivity contribution in [3.63, 3.8) is 0 Å². The summed E-state index contributed by atoms with van der Waals surface area (Å²) in [6.45, 7) is 10.6. The van der Waals surface area contributed by atoms with Crippen molar-refractivity contribution in [3.8, 4) is 0 Å². The molecule has 1 N–H and O–H groups in total.